The van der Waals surface area contributed by atoms with E-state index in [1.165, 1.54) is 0 Å². The third-order valence-corrected chi connectivity index (χ3v) is 5.24. The van der Waals surface area contributed by atoms with Crippen LogP contribution in [0.15, 0.2) is 95.7 Å². The van der Waals surface area contributed by atoms with Gasteiger partial charge < -0.3 is 10.2 Å². The van der Waals surface area contributed by atoms with Gasteiger partial charge in [-0.05, 0) is 48.5 Å². The van der Waals surface area contributed by atoms with Gasteiger partial charge in [0.15, 0.2) is 0 Å². The number of para-hydroxylation sites is 2. The smallest absolute Gasteiger partial charge is 0.283 e. The second kappa shape index (κ2) is 8.45. The van der Waals surface area contributed by atoms with Gasteiger partial charge in [-0.25, -0.2) is 4.90 Å². The van der Waals surface area contributed by atoms with E-state index in [0.717, 1.165) is 10.6 Å². The molecule has 0 aromatic heterocycles. The standard InChI is InChI=1S/C24H18ClN3O3/c1-27(18-8-4-2-5-9-18)22(29)16-12-14-17(15-13-16)26-21-20(25)23(30)28(24(21)31)19-10-6-3-7-11-19/h2-15,26H,1H3. The molecule has 0 fully saturated rings. The highest BCUT2D eigenvalue weighted by Gasteiger charge is 2.38. The van der Waals surface area contributed by atoms with Crippen LogP contribution in [0.3, 0.4) is 0 Å². The fraction of sp³-hybridized carbons (Fsp3) is 0.0417. The van der Waals surface area contributed by atoms with Crippen LogP contribution in [0.2, 0.25) is 0 Å². The van der Waals surface area contributed by atoms with Gasteiger partial charge in [-0.15, -0.1) is 0 Å². The molecule has 154 valence electrons. The molecule has 0 unspecified atom stereocenters. The molecule has 7 heteroatoms. The van der Waals surface area contributed by atoms with Crippen molar-refractivity contribution >= 4 is 46.4 Å². The first-order chi connectivity index (χ1) is 15.0. The second-order valence-electron chi connectivity index (χ2n) is 6.87. The molecule has 1 aliphatic heterocycles. The van der Waals surface area contributed by atoms with E-state index in [4.69, 9.17) is 11.6 Å². The minimum absolute atomic E-state index is 0.00370. The number of anilines is 3. The van der Waals surface area contributed by atoms with E-state index in [1.807, 2.05) is 30.3 Å². The van der Waals surface area contributed by atoms with Gasteiger partial charge in [-0.1, -0.05) is 48.0 Å². The number of halogens is 1. The zero-order valence-electron chi connectivity index (χ0n) is 16.6. The van der Waals surface area contributed by atoms with Gasteiger partial charge in [-0.2, -0.15) is 0 Å². The molecule has 0 aliphatic carbocycles. The molecule has 1 aliphatic rings. The van der Waals surface area contributed by atoms with Gasteiger partial charge in [0.05, 0.1) is 5.69 Å². The minimum Gasteiger partial charge on any atom is -0.350 e. The summed E-state index contributed by atoms with van der Waals surface area (Å²) in [6.45, 7) is 0. The van der Waals surface area contributed by atoms with Crippen LogP contribution in [0.1, 0.15) is 10.4 Å². The van der Waals surface area contributed by atoms with Crippen molar-refractivity contribution in [2.24, 2.45) is 0 Å². The molecule has 4 rings (SSSR count). The van der Waals surface area contributed by atoms with E-state index in [1.54, 1.807) is 66.5 Å². The first-order valence-electron chi connectivity index (χ1n) is 9.51. The van der Waals surface area contributed by atoms with E-state index in [9.17, 15) is 14.4 Å². The lowest BCUT2D eigenvalue weighted by atomic mass is 10.1. The van der Waals surface area contributed by atoms with Gasteiger partial charge in [-0.3, -0.25) is 14.4 Å². The van der Waals surface area contributed by atoms with Crippen LogP contribution in [0, 0.1) is 0 Å². The molecule has 31 heavy (non-hydrogen) atoms. The SMILES string of the molecule is CN(C(=O)c1ccc(NC2=C(Cl)C(=O)N(c3ccccc3)C2=O)cc1)c1ccccc1. The third kappa shape index (κ3) is 3.93. The van der Waals surface area contributed by atoms with Gasteiger partial charge >= 0.3 is 0 Å². The number of hydrogen-bond acceptors (Lipinski definition) is 4. The zero-order valence-corrected chi connectivity index (χ0v) is 17.3. The lowest BCUT2D eigenvalue weighted by molar-refractivity contribution is -0.120. The van der Waals surface area contributed by atoms with Gasteiger partial charge in [0.25, 0.3) is 17.7 Å². The highest BCUT2D eigenvalue weighted by Crippen LogP contribution is 2.30. The molecular formula is C24H18ClN3O3. The van der Waals surface area contributed by atoms with Crippen LogP contribution in [-0.4, -0.2) is 24.8 Å². The van der Waals surface area contributed by atoms with Crippen LogP contribution in [-0.2, 0) is 9.59 Å². The number of amides is 3. The van der Waals surface area contributed by atoms with Crippen molar-refractivity contribution in [2.45, 2.75) is 0 Å². The number of rotatable bonds is 5. The molecule has 1 heterocycles. The predicted octanol–water partition coefficient (Wildman–Crippen LogP) is 4.40. The molecule has 0 atom stereocenters. The highest BCUT2D eigenvalue weighted by molar-refractivity contribution is 6.53. The third-order valence-electron chi connectivity index (χ3n) is 4.89. The zero-order chi connectivity index (χ0) is 22.0. The van der Waals surface area contributed by atoms with Crippen LogP contribution < -0.4 is 15.1 Å². The Hall–Kier alpha value is -3.90. The number of imide groups is 1. The van der Waals surface area contributed by atoms with E-state index in [-0.39, 0.29) is 16.6 Å². The van der Waals surface area contributed by atoms with Crippen molar-refractivity contribution < 1.29 is 14.4 Å². The molecular weight excluding hydrogens is 414 g/mol. The molecule has 3 aromatic carbocycles. The molecule has 3 aromatic rings. The topological polar surface area (TPSA) is 69.7 Å². The number of benzene rings is 3. The van der Waals surface area contributed by atoms with Crippen LogP contribution in [0.25, 0.3) is 0 Å². The molecule has 0 bridgehead atoms. The maximum absolute atomic E-state index is 12.8. The van der Waals surface area contributed by atoms with E-state index in [2.05, 4.69) is 5.32 Å². The number of nitrogens with one attached hydrogen (secondary N) is 1. The Morgan fingerprint density at radius 1 is 0.839 bits per heavy atom. The van der Waals surface area contributed by atoms with E-state index >= 15 is 0 Å². The summed E-state index contributed by atoms with van der Waals surface area (Å²) >= 11 is 6.15. The van der Waals surface area contributed by atoms with Crippen molar-refractivity contribution in [1.29, 1.82) is 0 Å². The Kier molecular flexibility index (Phi) is 5.56. The van der Waals surface area contributed by atoms with Gasteiger partial charge in [0.2, 0.25) is 0 Å². The summed E-state index contributed by atoms with van der Waals surface area (Å²) < 4.78 is 0. The number of nitrogens with zero attached hydrogens (tertiary/aromatic N) is 2. The van der Waals surface area contributed by atoms with Gasteiger partial charge in [0.1, 0.15) is 10.7 Å². The Balaban J connectivity index is 1.51. The summed E-state index contributed by atoms with van der Waals surface area (Å²) in [7, 11) is 1.70. The highest BCUT2D eigenvalue weighted by atomic mass is 35.5. The van der Waals surface area contributed by atoms with Crippen molar-refractivity contribution in [3.05, 3.63) is 101 Å². The quantitative estimate of drug-likeness (QED) is 0.608. The fourth-order valence-corrected chi connectivity index (χ4v) is 3.44. The number of carbonyl (C=O) groups excluding carboxylic acids is 3. The van der Waals surface area contributed by atoms with Crippen molar-refractivity contribution in [2.75, 3.05) is 22.2 Å². The Morgan fingerprint density at radius 3 is 2.03 bits per heavy atom. The Morgan fingerprint density at radius 2 is 1.42 bits per heavy atom. The maximum Gasteiger partial charge on any atom is 0.283 e. The van der Waals surface area contributed by atoms with Crippen molar-refractivity contribution in [3.63, 3.8) is 0 Å². The average molecular weight is 432 g/mol. The molecule has 0 saturated heterocycles. The molecule has 0 radical (unpaired) electrons. The summed E-state index contributed by atoms with van der Waals surface area (Å²) in [5.74, 6) is -1.29. The average Bonchev–Trinajstić information content (AvgIpc) is 3.02. The lowest BCUT2D eigenvalue weighted by Crippen LogP contribution is -2.32. The Bertz CT molecular complexity index is 1180. The molecule has 1 N–H and O–H groups in total. The number of hydrogen-bond donors (Lipinski definition) is 1. The maximum atomic E-state index is 12.8. The fourth-order valence-electron chi connectivity index (χ4n) is 3.23. The summed E-state index contributed by atoms with van der Waals surface area (Å²) in [4.78, 5) is 40.6. The lowest BCUT2D eigenvalue weighted by Gasteiger charge is -2.17. The largest absolute Gasteiger partial charge is 0.350 e. The second-order valence-corrected chi connectivity index (χ2v) is 7.25. The molecule has 6 nitrogen and oxygen atoms in total. The van der Waals surface area contributed by atoms with Gasteiger partial charge in [0, 0.05) is 24.0 Å². The predicted molar refractivity (Wildman–Crippen MR) is 121 cm³/mol. The molecule has 3 amide bonds. The van der Waals surface area contributed by atoms with E-state index in [0.29, 0.717) is 16.9 Å². The molecule has 0 saturated carbocycles. The first kappa shape index (κ1) is 20.4. The number of carbonyl (C=O) groups is 3. The van der Waals surface area contributed by atoms with Crippen molar-refractivity contribution in [1.82, 2.24) is 0 Å². The summed E-state index contributed by atoms with van der Waals surface area (Å²) in [5.41, 5.74) is 2.23. The minimum atomic E-state index is -0.586. The first-order valence-corrected chi connectivity index (χ1v) is 9.89. The normalized spacial score (nSPS) is 13.5. The van der Waals surface area contributed by atoms with Crippen LogP contribution >= 0.6 is 11.6 Å². The Labute approximate surface area is 184 Å². The monoisotopic (exact) mass is 431 g/mol. The van der Waals surface area contributed by atoms with E-state index < -0.39 is 11.8 Å². The van der Waals surface area contributed by atoms with Crippen LogP contribution in [0.4, 0.5) is 17.1 Å². The summed E-state index contributed by atoms with van der Waals surface area (Å²) in [5, 5.41) is 2.73. The van der Waals surface area contributed by atoms with Crippen LogP contribution in [0.5, 0.6) is 0 Å². The summed E-state index contributed by atoms with van der Waals surface area (Å²) in [6.07, 6.45) is 0. The van der Waals surface area contributed by atoms with Crippen molar-refractivity contribution in [3.8, 4) is 0 Å². The molecule has 0 spiro atoms. The summed E-state index contributed by atoms with van der Waals surface area (Å²) in [6, 6.07) is 24.5.